The second-order valence-electron chi connectivity index (χ2n) is 6.46. The van der Waals surface area contributed by atoms with E-state index < -0.39 is 0 Å². The molecular formula is C18H27N3O. The Morgan fingerprint density at radius 3 is 2.91 bits per heavy atom. The van der Waals surface area contributed by atoms with Gasteiger partial charge in [0.15, 0.2) is 0 Å². The highest BCUT2D eigenvalue weighted by Gasteiger charge is 2.25. The Morgan fingerprint density at radius 2 is 2.18 bits per heavy atom. The molecule has 0 amide bonds. The zero-order chi connectivity index (χ0) is 15.5. The second-order valence-corrected chi connectivity index (χ2v) is 6.46. The Hall–Kier alpha value is -1.39. The van der Waals surface area contributed by atoms with E-state index in [1.54, 1.807) is 7.11 Å². The first kappa shape index (κ1) is 15.5. The molecule has 2 aromatic rings. The van der Waals surface area contributed by atoms with E-state index in [1.165, 1.54) is 23.9 Å². The highest BCUT2D eigenvalue weighted by Crippen LogP contribution is 2.29. The normalized spacial score (nSPS) is 16.3. The van der Waals surface area contributed by atoms with E-state index >= 15 is 0 Å². The Morgan fingerprint density at radius 1 is 1.36 bits per heavy atom. The summed E-state index contributed by atoms with van der Waals surface area (Å²) in [4.78, 5) is 4.80. The topological polar surface area (TPSA) is 39.1 Å². The Bertz CT molecular complexity index is 631. The average Bonchev–Trinajstić information content (AvgIpc) is 3.24. The van der Waals surface area contributed by atoms with Crippen molar-refractivity contribution < 1.29 is 4.74 Å². The zero-order valence-corrected chi connectivity index (χ0v) is 13.9. The van der Waals surface area contributed by atoms with Crippen LogP contribution in [0.1, 0.15) is 49.9 Å². The van der Waals surface area contributed by atoms with Gasteiger partial charge in [-0.1, -0.05) is 0 Å². The third-order valence-electron chi connectivity index (χ3n) is 4.42. The largest absolute Gasteiger partial charge is 0.385 e. The lowest BCUT2D eigenvalue weighted by Crippen LogP contribution is -2.20. The van der Waals surface area contributed by atoms with Crippen LogP contribution in [-0.2, 0) is 11.3 Å². The van der Waals surface area contributed by atoms with Crippen LogP contribution >= 0.6 is 0 Å². The van der Waals surface area contributed by atoms with Gasteiger partial charge in [-0.05, 0) is 51.7 Å². The standard InChI is InChI=1S/C18H27N3O/c1-13-6-9-17-18(19-13)16(14(2)20-15-7-8-15)12-21(17)10-4-5-11-22-3/h6,9,12,14-15,20H,4-5,7-8,10-11H2,1-3H3. The van der Waals surface area contributed by atoms with Crippen molar-refractivity contribution in [2.45, 2.75) is 58.2 Å². The maximum Gasteiger partial charge on any atom is 0.0931 e. The van der Waals surface area contributed by atoms with E-state index in [4.69, 9.17) is 9.72 Å². The first-order valence-corrected chi connectivity index (χ1v) is 8.40. The monoisotopic (exact) mass is 301 g/mol. The van der Waals surface area contributed by atoms with Crippen molar-refractivity contribution in [2.75, 3.05) is 13.7 Å². The molecule has 0 spiro atoms. The van der Waals surface area contributed by atoms with Gasteiger partial charge in [-0.2, -0.15) is 0 Å². The van der Waals surface area contributed by atoms with Crippen LogP contribution < -0.4 is 5.32 Å². The van der Waals surface area contributed by atoms with Crippen molar-refractivity contribution in [3.63, 3.8) is 0 Å². The number of rotatable bonds is 8. The fourth-order valence-electron chi connectivity index (χ4n) is 3.02. The van der Waals surface area contributed by atoms with Gasteiger partial charge in [0.25, 0.3) is 0 Å². The first-order chi connectivity index (χ1) is 10.7. The van der Waals surface area contributed by atoms with Crippen molar-refractivity contribution >= 4 is 11.0 Å². The third kappa shape index (κ3) is 3.50. The fraction of sp³-hybridized carbons (Fsp3) is 0.611. The number of nitrogens with one attached hydrogen (secondary N) is 1. The minimum atomic E-state index is 0.365. The van der Waals surface area contributed by atoms with E-state index in [2.05, 4.69) is 42.1 Å². The molecule has 1 aliphatic carbocycles. The number of aromatic nitrogens is 2. The van der Waals surface area contributed by atoms with E-state index in [-0.39, 0.29) is 0 Å². The van der Waals surface area contributed by atoms with Crippen LogP contribution in [-0.4, -0.2) is 29.3 Å². The highest BCUT2D eigenvalue weighted by atomic mass is 16.5. The quantitative estimate of drug-likeness (QED) is 0.757. The minimum Gasteiger partial charge on any atom is -0.385 e. The molecular weight excluding hydrogens is 274 g/mol. The number of nitrogens with zero attached hydrogens (tertiary/aromatic N) is 2. The summed E-state index contributed by atoms with van der Waals surface area (Å²) in [6, 6.07) is 5.39. The maximum atomic E-state index is 5.15. The predicted molar refractivity (Wildman–Crippen MR) is 90.2 cm³/mol. The van der Waals surface area contributed by atoms with Crippen LogP contribution in [0.5, 0.6) is 0 Å². The summed E-state index contributed by atoms with van der Waals surface area (Å²) in [6.07, 6.45) is 7.15. The van der Waals surface area contributed by atoms with Crippen molar-refractivity contribution in [3.05, 3.63) is 29.6 Å². The van der Waals surface area contributed by atoms with E-state index in [0.29, 0.717) is 12.1 Å². The van der Waals surface area contributed by atoms with Gasteiger partial charge in [-0.3, -0.25) is 4.98 Å². The van der Waals surface area contributed by atoms with Crippen LogP contribution in [0.25, 0.3) is 11.0 Å². The third-order valence-corrected chi connectivity index (χ3v) is 4.42. The fourth-order valence-corrected chi connectivity index (χ4v) is 3.02. The number of fused-ring (bicyclic) bond motifs is 1. The molecule has 22 heavy (non-hydrogen) atoms. The molecule has 0 bridgehead atoms. The average molecular weight is 301 g/mol. The Balaban J connectivity index is 1.84. The molecule has 1 saturated carbocycles. The molecule has 4 nitrogen and oxygen atoms in total. The summed E-state index contributed by atoms with van der Waals surface area (Å²) in [5, 5.41) is 3.70. The Labute approximate surface area is 132 Å². The molecule has 0 saturated heterocycles. The zero-order valence-electron chi connectivity index (χ0n) is 13.9. The molecule has 0 radical (unpaired) electrons. The Kier molecular flexibility index (Phi) is 4.79. The lowest BCUT2D eigenvalue weighted by molar-refractivity contribution is 0.191. The number of hydrogen-bond donors (Lipinski definition) is 1. The molecule has 1 aliphatic rings. The van der Waals surface area contributed by atoms with E-state index in [1.807, 2.05) is 0 Å². The summed E-state index contributed by atoms with van der Waals surface area (Å²) < 4.78 is 7.50. The molecule has 4 heteroatoms. The molecule has 0 aromatic carbocycles. The van der Waals surface area contributed by atoms with Crippen LogP contribution in [0, 0.1) is 6.92 Å². The summed E-state index contributed by atoms with van der Waals surface area (Å²) in [7, 11) is 1.76. The number of methoxy groups -OCH3 is 1. The molecule has 1 unspecified atom stereocenters. The molecule has 1 atom stereocenters. The number of hydrogen-bond acceptors (Lipinski definition) is 3. The summed E-state index contributed by atoms with van der Waals surface area (Å²) in [6.45, 7) is 6.19. The molecule has 0 aliphatic heterocycles. The lowest BCUT2D eigenvalue weighted by atomic mass is 10.1. The molecule has 3 rings (SSSR count). The van der Waals surface area contributed by atoms with E-state index in [0.717, 1.165) is 37.2 Å². The number of ether oxygens (including phenoxy) is 1. The summed E-state index contributed by atoms with van der Waals surface area (Å²) in [5.74, 6) is 0. The molecule has 1 fully saturated rings. The summed E-state index contributed by atoms with van der Waals surface area (Å²) in [5.41, 5.74) is 4.83. The van der Waals surface area contributed by atoms with Crippen molar-refractivity contribution in [2.24, 2.45) is 0 Å². The van der Waals surface area contributed by atoms with Crippen LogP contribution in [0.3, 0.4) is 0 Å². The smallest absolute Gasteiger partial charge is 0.0931 e. The van der Waals surface area contributed by atoms with Gasteiger partial charge in [0, 0.05) is 49.8 Å². The van der Waals surface area contributed by atoms with Crippen LogP contribution in [0.15, 0.2) is 18.3 Å². The highest BCUT2D eigenvalue weighted by molar-refractivity contribution is 5.80. The summed E-state index contributed by atoms with van der Waals surface area (Å²) >= 11 is 0. The van der Waals surface area contributed by atoms with Gasteiger partial charge in [0.2, 0.25) is 0 Å². The number of aryl methyl sites for hydroxylation is 2. The van der Waals surface area contributed by atoms with Crippen molar-refractivity contribution in [1.29, 1.82) is 0 Å². The maximum absolute atomic E-state index is 5.15. The molecule has 1 N–H and O–H groups in total. The first-order valence-electron chi connectivity index (χ1n) is 8.40. The number of pyridine rings is 1. The molecule has 120 valence electrons. The predicted octanol–water partition coefficient (Wildman–Crippen LogP) is 3.58. The number of unbranched alkanes of at least 4 members (excludes halogenated alkanes) is 1. The molecule has 2 heterocycles. The lowest BCUT2D eigenvalue weighted by Gasteiger charge is -2.11. The van der Waals surface area contributed by atoms with Gasteiger partial charge in [-0.25, -0.2) is 0 Å². The van der Waals surface area contributed by atoms with Gasteiger partial charge in [0.1, 0.15) is 0 Å². The second kappa shape index (κ2) is 6.80. The van der Waals surface area contributed by atoms with Gasteiger partial charge in [-0.15, -0.1) is 0 Å². The van der Waals surface area contributed by atoms with Crippen molar-refractivity contribution in [3.8, 4) is 0 Å². The molecule has 2 aromatic heterocycles. The minimum absolute atomic E-state index is 0.365. The van der Waals surface area contributed by atoms with Gasteiger partial charge >= 0.3 is 0 Å². The van der Waals surface area contributed by atoms with Crippen LogP contribution in [0.4, 0.5) is 0 Å². The van der Waals surface area contributed by atoms with Crippen LogP contribution in [0.2, 0.25) is 0 Å². The van der Waals surface area contributed by atoms with Gasteiger partial charge in [0.05, 0.1) is 11.0 Å². The van der Waals surface area contributed by atoms with E-state index in [9.17, 15) is 0 Å². The SMILES string of the molecule is COCCCCn1cc(C(C)NC2CC2)c2nc(C)ccc21. The van der Waals surface area contributed by atoms with Gasteiger partial charge < -0.3 is 14.6 Å². The van der Waals surface area contributed by atoms with Crippen molar-refractivity contribution in [1.82, 2.24) is 14.9 Å².